The molecule has 2 atom stereocenters. The smallest absolute Gasteiger partial charge is 0.215 e. The quantitative estimate of drug-likeness (QED) is 0.472. The molecule has 0 aromatic heterocycles. The monoisotopic (exact) mass is 149 g/mol. The number of hydrogen-bond acceptors (Lipinski definition) is 0. The Morgan fingerprint density at radius 1 is 1.45 bits per heavy atom. The Labute approximate surface area is 67.1 Å². The van der Waals surface area contributed by atoms with Crippen LogP contribution < -0.4 is 0 Å². The summed E-state index contributed by atoms with van der Waals surface area (Å²) in [5.74, 6) is 0.802. The predicted molar refractivity (Wildman–Crippen MR) is 40.8 cm³/mol. The Morgan fingerprint density at radius 2 is 2.36 bits per heavy atom. The van der Waals surface area contributed by atoms with Crippen LogP contribution in [0.25, 0.3) is 5.53 Å². The third-order valence-electron chi connectivity index (χ3n) is 3.97. The highest BCUT2D eigenvalue weighted by Gasteiger charge is 2.63. The van der Waals surface area contributed by atoms with Gasteiger partial charge in [0.2, 0.25) is 6.04 Å². The molecule has 3 rings (SSSR count). The molecule has 1 aliphatic carbocycles. The van der Waals surface area contributed by atoms with E-state index in [0.717, 1.165) is 12.3 Å². The molecule has 2 saturated heterocycles. The first kappa shape index (κ1) is 6.15. The van der Waals surface area contributed by atoms with Crippen LogP contribution in [0.3, 0.4) is 0 Å². The van der Waals surface area contributed by atoms with Gasteiger partial charge < -0.3 is 10.2 Å². The molecule has 0 aromatic rings. The van der Waals surface area contributed by atoms with Gasteiger partial charge in [0.15, 0.2) is 5.54 Å². The zero-order chi connectivity index (χ0) is 7.47. The molecule has 2 heteroatoms. The minimum absolute atomic E-state index is 0.231. The molecule has 59 valence electrons. The summed E-state index contributed by atoms with van der Waals surface area (Å²) < 4.78 is 1.63. The van der Waals surface area contributed by atoms with Crippen LogP contribution >= 0.6 is 0 Å². The zero-order valence-electron chi connectivity index (χ0n) is 6.71. The molecule has 3 aliphatic rings. The standard InChI is InChI=1S/C9H13N2/c10-11-8-3-5-9(11)4-1-2-7(9)6-8/h7H,1-6H2. The van der Waals surface area contributed by atoms with E-state index in [1.54, 1.807) is 4.70 Å². The van der Waals surface area contributed by atoms with E-state index < -0.39 is 0 Å². The third kappa shape index (κ3) is 0.522. The molecule has 2 aliphatic heterocycles. The van der Waals surface area contributed by atoms with Gasteiger partial charge in [0.05, 0.1) is 0 Å². The van der Waals surface area contributed by atoms with Gasteiger partial charge in [-0.15, -0.1) is 0 Å². The molecule has 2 nitrogen and oxygen atoms in total. The maximum absolute atomic E-state index is 9.79. The normalized spacial score (nSPS) is 48.7. The number of hydrogen-bond donors (Lipinski definition) is 0. The van der Waals surface area contributed by atoms with Crippen LogP contribution in [0.4, 0.5) is 0 Å². The summed E-state index contributed by atoms with van der Waals surface area (Å²) in [5.41, 5.74) is 10.0. The second kappa shape index (κ2) is 1.67. The summed E-state index contributed by atoms with van der Waals surface area (Å²) in [6.07, 6.45) is 7.49. The zero-order valence-corrected chi connectivity index (χ0v) is 6.71. The molecule has 2 unspecified atom stereocenters. The summed E-state index contributed by atoms with van der Waals surface area (Å²) >= 11 is 0. The molecule has 0 N–H and O–H groups in total. The first-order valence-corrected chi connectivity index (χ1v) is 4.67. The van der Waals surface area contributed by atoms with Gasteiger partial charge in [-0.2, -0.15) is 0 Å². The lowest BCUT2D eigenvalue weighted by Crippen LogP contribution is -2.33. The maximum Gasteiger partial charge on any atom is 0.215 e. The molecule has 1 spiro atoms. The van der Waals surface area contributed by atoms with E-state index in [1.807, 2.05) is 0 Å². The average Bonchev–Trinajstić information content (AvgIpc) is 2.61. The predicted octanol–water partition coefficient (Wildman–Crippen LogP) is 2.29. The molecule has 2 bridgehead atoms. The summed E-state index contributed by atoms with van der Waals surface area (Å²) in [6, 6.07) is 1.31. The van der Waals surface area contributed by atoms with Crippen LogP contribution in [0.15, 0.2) is 0 Å². The molecule has 0 aromatic carbocycles. The molecule has 1 saturated carbocycles. The largest absolute Gasteiger partial charge is 0.506 e. The van der Waals surface area contributed by atoms with Crippen LogP contribution in [-0.4, -0.2) is 10.2 Å². The van der Waals surface area contributed by atoms with Crippen molar-refractivity contribution < 1.29 is 4.70 Å². The number of nitrogens with zero attached hydrogens (tertiary/aromatic N) is 2. The van der Waals surface area contributed by atoms with Gasteiger partial charge in [-0.1, -0.05) is 0 Å². The van der Waals surface area contributed by atoms with Gasteiger partial charge in [-0.3, -0.25) is 0 Å². The van der Waals surface area contributed by atoms with Crippen LogP contribution in [0.1, 0.15) is 38.5 Å². The van der Waals surface area contributed by atoms with Crippen molar-refractivity contribution >= 4 is 0 Å². The lowest BCUT2D eigenvalue weighted by Gasteiger charge is -2.22. The highest BCUT2D eigenvalue weighted by atomic mass is 15.3. The Balaban J connectivity index is 2.09. The third-order valence-corrected chi connectivity index (χ3v) is 3.97. The molecular formula is C9H13N2. The Hall–Kier alpha value is -0.400. The molecule has 1 radical (unpaired) electrons. The van der Waals surface area contributed by atoms with Gasteiger partial charge in [0.25, 0.3) is 0 Å². The van der Waals surface area contributed by atoms with Crippen molar-refractivity contribution in [2.75, 3.05) is 0 Å². The Bertz CT molecular complexity index is 220. The minimum atomic E-state index is 0.231. The van der Waals surface area contributed by atoms with Crippen molar-refractivity contribution in [1.82, 2.24) is 0 Å². The fraction of sp³-hybridized carbons (Fsp3) is 0.889. The molecule has 11 heavy (non-hydrogen) atoms. The maximum atomic E-state index is 9.79. The molecule has 3 fully saturated rings. The van der Waals surface area contributed by atoms with E-state index in [9.17, 15) is 5.53 Å². The highest BCUT2D eigenvalue weighted by molar-refractivity contribution is 5.10. The first-order chi connectivity index (χ1) is 5.33. The second-order valence-electron chi connectivity index (χ2n) is 4.27. The summed E-state index contributed by atoms with van der Waals surface area (Å²) in [6.45, 7) is 0. The highest BCUT2D eigenvalue weighted by Crippen LogP contribution is 2.58. The number of fused-ring (bicyclic) bond motifs is 1. The van der Waals surface area contributed by atoms with Crippen molar-refractivity contribution in [3.63, 3.8) is 0 Å². The van der Waals surface area contributed by atoms with E-state index in [1.165, 1.54) is 38.1 Å². The van der Waals surface area contributed by atoms with Gasteiger partial charge in [0.1, 0.15) is 0 Å². The van der Waals surface area contributed by atoms with Gasteiger partial charge in [-0.25, -0.2) is 0 Å². The van der Waals surface area contributed by atoms with E-state index >= 15 is 0 Å². The Morgan fingerprint density at radius 3 is 3.09 bits per heavy atom. The van der Waals surface area contributed by atoms with Crippen molar-refractivity contribution in [2.45, 2.75) is 44.1 Å². The van der Waals surface area contributed by atoms with Crippen molar-refractivity contribution in [2.24, 2.45) is 5.92 Å². The fourth-order valence-electron chi connectivity index (χ4n) is 3.39. The van der Waals surface area contributed by atoms with Crippen LogP contribution in [0.5, 0.6) is 0 Å². The van der Waals surface area contributed by atoms with Crippen LogP contribution in [0, 0.1) is 12.0 Å². The van der Waals surface area contributed by atoms with Crippen LogP contribution in [0.2, 0.25) is 0 Å². The van der Waals surface area contributed by atoms with Crippen molar-refractivity contribution in [3.05, 3.63) is 11.6 Å². The van der Waals surface area contributed by atoms with Crippen molar-refractivity contribution in [3.8, 4) is 0 Å². The summed E-state index contributed by atoms with van der Waals surface area (Å²) in [7, 11) is 0. The SMILES string of the molecule is [N-]=[N+]1[C]2CCC13CCCC3C2. The average molecular weight is 149 g/mol. The van der Waals surface area contributed by atoms with E-state index in [2.05, 4.69) is 0 Å². The first-order valence-electron chi connectivity index (χ1n) is 4.67. The van der Waals surface area contributed by atoms with Crippen molar-refractivity contribution in [1.29, 1.82) is 0 Å². The lowest BCUT2D eigenvalue weighted by atomic mass is 9.81. The number of rotatable bonds is 0. The fourth-order valence-corrected chi connectivity index (χ4v) is 3.39. The van der Waals surface area contributed by atoms with Gasteiger partial charge in [0, 0.05) is 31.6 Å². The van der Waals surface area contributed by atoms with Gasteiger partial charge in [-0.05, 0) is 12.8 Å². The molecule has 0 amide bonds. The molecule has 2 heterocycles. The lowest BCUT2D eigenvalue weighted by molar-refractivity contribution is -0.579. The van der Waals surface area contributed by atoms with Crippen LogP contribution in [-0.2, 0) is 0 Å². The molecular weight excluding hydrogens is 136 g/mol. The topological polar surface area (TPSA) is 25.3 Å². The Kier molecular flexibility index (Phi) is 0.936. The van der Waals surface area contributed by atoms with E-state index in [-0.39, 0.29) is 5.54 Å². The summed E-state index contributed by atoms with van der Waals surface area (Å²) in [5, 5.41) is 0. The summed E-state index contributed by atoms with van der Waals surface area (Å²) in [4.78, 5) is 0. The van der Waals surface area contributed by atoms with E-state index in [0.29, 0.717) is 0 Å². The van der Waals surface area contributed by atoms with E-state index in [4.69, 9.17) is 0 Å². The minimum Gasteiger partial charge on any atom is -0.506 e. The van der Waals surface area contributed by atoms with Gasteiger partial charge >= 0.3 is 0 Å². The second-order valence-corrected chi connectivity index (χ2v) is 4.27.